The van der Waals surface area contributed by atoms with Crippen molar-refractivity contribution in [2.75, 3.05) is 6.61 Å². The number of nitrogens with zero attached hydrogens (tertiary/aromatic N) is 2. The Morgan fingerprint density at radius 1 is 1.24 bits per heavy atom. The number of nitrogens with one attached hydrogen (secondary N) is 1. The lowest BCUT2D eigenvalue weighted by Gasteiger charge is -2.11. The van der Waals surface area contributed by atoms with E-state index in [4.69, 9.17) is 4.74 Å². The third-order valence-electron chi connectivity index (χ3n) is 3.11. The maximum absolute atomic E-state index is 5.59. The molecule has 0 aliphatic rings. The quantitative estimate of drug-likeness (QED) is 0.774. The zero-order valence-electron chi connectivity index (χ0n) is 12.4. The van der Waals surface area contributed by atoms with E-state index in [9.17, 15) is 0 Å². The summed E-state index contributed by atoms with van der Waals surface area (Å²) < 4.78 is 9.36. The number of benzene rings is 1. The fraction of sp³-hybridized carbons (Fsp3) is 0.400. The average Bonchev–Trinajstić information content (AvgIpc) is 2.72. The van der Waals surface area contributed by atoms with Gasteiger partial charge in [0.25, 0.3) is 0 Å². The van der Waals surface area contributed by atoms with Gasteiger partial charge in [-0.05, 0) is 63.4 Å². The third-order valence-corrected chi connectivity index (χ3v) is 4.28. The van der Waals surface area contributed by atoms with E-state index in [-0.39, 0.29) is 0 Å². The van der Waals surface area contributed by atoms with Crippen LogP contribution in [0.15, 0.2) is 27.3 Å². The first-order chi connectivity index (χ1) is 10.0. The fourth-order valence-electron chi connectivity index (χ4n) is 2.16. The van der Waals surface area contributed by atoms with E-state index in [1.807, 2.05) is 31.8 Å². The Morgan fingerprint density at radius 2 is 1.90 bits per heavy atom. The highest BCUT2D eigenvalue weighted by Gasteiger charge is 2.09. The molecule has 1 aromatic carbocycles. The van der Waals surface area contributed by atoms with E-state index in [0.29, 0.717) is 6.61 Å². The lowest BCUT2D eigenvalue weighted by molar-refractivity contribution is 0.336. The summed E-state index contributed by atoms with van der Waals surface area (Å²) in [5, 5.41) is 7.78. The van der Waals surface area contributed by atoms with Crippen LogP contribution in [0.1, 0.15) is 23.7 Å². The van der Waals surface area contributed by atoms with Crippen molar-refractivity contribution in [3.8, 4) is 5.75 Å². The Morgan fingerprint density at radius 3 is 2.43 bits per heavy atom. The lowest BCUT2D eigenvalue weighted by atomic mass is 10.2. The van der Waals surface area contributed by atoms with Crippen molar-refractivity contribution >= 4 is 31.9 Å². The fourth-order valence-corrected chi connectivity index (χ4v) is 3.67. The van der Waals surface area contributed by atoms with Crippen molar-refractivity contribution in [3.63, 3.8) is 0 Å². The molecule has 2 rings (SSSR count). The van der Waals surface area contributed by atoms with Gasteiger partial charge < -0.3 is 10.1 Å². The highest BCUT2D eigenvalue weighted by Crippen LogP contribution is 2.34. The molecule has 2 aromatic rings. The van der Waals surface area contributed by atoms with Gasteiger partial charge in [-0.15, -0.1) is 0 Å². The van der Waals surface area contributed by atoms with Crippen molar-refractivity contribution in [3.05, 3.63) is 44.1 Å². The molecule has 1 aromatic heterocycles. The Kier molecular flexibility index (Phi) is 5.84. The zero-order chi connectivity index (χ0) is 15.4. The van der Waals surface area contributed by atoms with Crippen LogP contribution in [0.25, 0.3) is 0 Å². The van der Waals surface area contributed by atoms with Gasteiger partial charge in [-0.2, -0.15) is 5.10 Å². The van der Waals surface area contributed by atoms with Crippen LogP contribution < -0.4 is 10.1 Å². The maximum atomic E-state index is 5.59. The summed E-state index contributed by atoms with van der Waals surface area (Å²) in [7, 11) is 1.94. The average molecular weight is 417 g/mol. The van der Waals surface area contributed by atoms with Gasteiger partial charge in [-0.25, -0.2) is 0 Å². The molecule has 114 valence electrons. The van der Waals surface area contributed by atoms with Crippen LogP contribution in [0.4, 0.5) is 0 Å². The van der Waals surface area contributed by atoms with E-state index in [1.54, 1.807) is 0 Å². The summed E-state index contributed by atoms with van der Waals surface area (Å²) in [6, 6.07) is 4.16. The second-order valence-electron chi connectivity index (χ2n) is 4.84. The van der Waals surface area contributed by atoms with Crippen LogP contribution in [-0.2, 0) is 20.1 Å². The number of rotatable bonds is 6. The van der Waals surface area contributed by atoms with Crippen LogP contribution in [0.2, 0.25) is 0 Å². The molecular formula is C15H19Br2N3O. The van der Waals surface area contributed by atoms with Crippen molar-refractivity contribution in [2.45, 2.75) is 26.9 Å². The van der Waals surface area contributed by atoms with Gasteiger partial charge >= 0.3 is 0 Å². The predicted molar refractivity (Wildman–Crippen MR) is 91.5 cm³/mol. The van der Waals surface area contributed by atoms with Crippen molar-refractivity contribution in [2.24, 2.45) is 7.05 Å². The highest BCUT2D eigenvalue weighted by molar-refractivity contribution is 9.11. The molecule has 0 spiro atoms. The van der Waals surface area contributed by atoms with Gasteiger partial charge in [0.2, 0.25) is 0 Å². The molecule has 0 saturated heterocycles. The van der Waals surface area contributed by atoms with Crippen LogP contribution in [0.5, 0.6) is 5.75 Å². The van der Waals surface area contributed by atoms with E-state index < -0.39 is 0 Å². The van der Waals surface area contributed by atoms with E-state index >= 15 is 0 Å². The summed E-state index contributed by atoms with van der Waals surface area (Å²) in [6.45, 7) is 6.25. The van der Waals surface area contributed by atoms with Crippen molar-refractivity contribution in [1.29, 1.82) is 0 Å². The summed E-state index contributed by atoms with van der Waals surface area (Å²) in [5.41, 5.74) is 3.49. The second kappa shape index (κ2) is 7.42. The predicted octanol–water partition coefficient (Wildman–Crippen LogP) is 3.94. The smallest absolute Gasteiger partial charge is 0.147 e. The summed E-state index contributed by atoms with van der Waals surface area (Å²) in [5.74, 6) is 0.851. The van der Waals surface area contributed by atoms with Crippen molar-refractivity contribution < 1.29 is 4.74 Å². The Hall–Kier alpha value is -0.850. The largest absolute Gasteiger partial charge is 0.492 e. The molecule has 0 fully saturated rings. The minimum absolute atomic E-state index is 0.648. The van der Waals surface area contributed by atoms with Gasteiger partial charge in [0, 0.05) is 31.9 Å². The van der Waals surface area contributed by atoms with Crippen LogP contribution >= 0.6 is 31.9 Å². The number of hydrogen-bond acceptors (Lipinski definition) is 3. The number of halogens is 2. The topological polar surface area (TPSA) is 39.1 Å². The first-order valence-electron chi connectivity index (χ1n) is 6.81. The first kappa shape index (κ1) is 16.5. The minimum Gasteiger partial charge on any atom is -0.492 e. The number of aryl methyl sites for hydroxylation is 2. The molecule has 0 amide bonds. The number of hydrogen-bond donors (Lipinski definition) is 1. The second-order valence-corrected chi connectivity index (χ2v) is 6.55. The molecule has 0 unspecified atom stereocenters. The van der Waals surface area contributed by atoms with Crippen LogP contribution in [0, 0.1) is 6.92 Å². The van der Waals surface area contributed by atoms with E-state index in [0.717, 1.165) is 33.5 Å². The lowest BCUT2D eigenvalue weighted by Crippen LogP contribution is -2.13. The SMILES string of the molecule is CCOc1c(Br)cc(CNCc2cn(C)nc2C)cc1Br. The molecule has 1 heterocycles. The maximum Gasteiger partial charge on any atom is 0.147 e. The summed E-state index contributed by atoms with van der Waals surface area (Å²) in [4.78, 5) is 0. The molecule has 21 heavy (non-hydrogen) atoms. The summed E-state index contributed by atoms with van der Waals surface area (Å²) in [6.07, 6.45) is 2.05. The van der Waals surface area contributed by atoms with Crippen molar-refractivity contribution in [1.82, 2.24) is 15.1 Å². The summed E-state index contributed by atoms with van der Waals surface area (Å²) >= 11 is 7.11. The minimum atomic E-state index is 0.648. The molecule has 0 saturated carbocycles. The monoisotopic (exact) mass is 415 g/mol. The van der Waals surface area contributed by atoms with E-state index in [2.05, 4.69) is 54.4 Å². The molecule has 0 aliphatic heterocycles. The molecule has 0 atom stereocenters. The zero-order valence-corrected chi connectivity index (χ0v) is 15.6. The van der Waals surface area contributed by atoms with Gasteiger partial charge in [-0.1, -0.05) is 0 Å². The number of ether oxygens (including phenoxy) is 1. The molecule has 4 nitrogen and oxygen atoms in total. The molecule has 1 N–H and O–H groups in total. The normalized spacial score (nSPS) is 10.9. The standard InChI is InChI=1S/C15H19Br2N3O/c1-4-21-15-13(16)5-11(6-14(15)17)7-18-8-12-9-20(3)19-10(12)2/h5-6,9,18H,4,7-8H2,1-3H3. The third kappa shape index (κ3) is 4.31. The molecule has 6 heteroatoms. The van der Waals surface area contributed by atoms with E-state index in [1.165, 1.54) is 11.1 Å². The highest BCUT2D eigenvalue weighted by atomic mass is 79.9. The van der Waals surface area contributed by atoms with Gasteiger partial charge in [0.05, 0.1) is 21.2 Å². The Balaban J connectivity index is 1.99. The van der Waals surface area contributed by atoms with Gasteiger partial charge in [-0.3, -0.25) is 4.68 Å². The van der Waals surface area contributed by atoms with Gasteiger partial charge in [0.15, 0.2) is 0 Å². The Labute approximate surface area is 142 Å². The number of aromatic nitrogens is 2. The molecule has 0 bridgehead atoms. The Bertz CT molecular complexity index is 602. The van der Waals surface area contributed by atoms with Crippen LogP contribution in [-0.4, -0.2) is 16.4 Å². The van der Waals surface area contributed by atoms with Gasteiger partial charge in [0.1, 0.15) is 5.75 Å². The van der Waals surface area contributed by atoms with Crippen LogP contribution in [0.3, 0.4) is 0 Å². The first-order valence-corrected chi connectivity index (χ1v) is 8.40. The molecule has 0 aliphatic carbocycles. The molecule has 0 radical (unpaired) electrons. The molecular weight excluding hydrogens is 398 g/mol.